The Labute approximate surface area is 169 Å². The van der Waals surface area contributed by atoms with E-state index in [-0.39, 0.29) is 29.6 Å². The Morgan fingerprint density at radius 1 is 1.24 bits per heavy atom. The van der Waals surface area contributed by atoms with Crippen molar-refractivity contribution in [2.75, 3.05) is 26.8 Å². The SMILES string of the molecule is CCNC(=NCc1ccccc1OCC1CC1)NCC(C)(C)OC.I. The van der Waals surface area contributed by atoms with Gasteiger partial charge >= 0.3 is 0 Å². The highest BCUT2D eigenvalue weighted by molar-refractivity contribution is 14.0. The third-order valence-corrected chi connectivity index (χ3v) is 4.13. The lowest BCUT2D eigenvalue weighted by Gasteiger charge is -2.24. The van der Waals surface area contributed by atoms with Crippen LogP contribution in [0.4, 0.5) is 0 Å². The molecule has 0 amide bonds. The van der Waals surface area contributed by atoms with Crippen LogP contribution in [0.1, 0.15) is 39.2 Å². The van der Waals surface area contributed by atoms with Crippen molar-refractivity contribution in [2.24, 2.45) is 10.9 Å². The first kappa shape index (κ1) is 22.0. The lowest BCUT2D eigenvalue weighted by molar-refractivity contribution is 0.0268. The predicted octanol–water partition coefficient (Wildman–Crippen LogP) is 3.57. The Morgan fingerprint density at radius 3 is 2.60 bits per heavy atom. The third-order valence-electron chi connectivity index (χ3n) is 4.13. The van der Waals surface area contributed by atoms with Gasteiger partial charge in [0.15, 0.2) is 5.96 Å². The molecule has 142 valence electrons. The van der Waals surface area contributed by atoms with Crippen molar-refractivity contribution in [2.45, 2.75) is 45.8 Å². The van der Waals surface area contributed by atoms with Crippen LogP contribution in [0, 0.1) is 5.92 Å². The Morgan fingerprint density at radius 2 is 1.96 bits per heavy atom. The molecule has 0 atom stereocenters. The molecule has 0 saturated heterocycles. The number of methoxy groups -OCH3 is 1. The molecule has 6 heteroatoms. The van der Waals surface area contributed by atoms with Crippen LogP contribution in [0.25, 0.3) is 0 Å². The molecule has 0 aliphatic heterocycles. The number of guanidine groups is 1. The molecule has 25 heavy (non-hydrogen) atoms. The minimum Gasteiger partial charge on any atom is -0.493 e. The highest BCUT2D eigenvalue weighted by Gasteiger charge is 2.22. The monoisotopic (exact) mass is 461 g/mol. The smallest absolute Gasteiger partial charge is 0.191 e. The van der Waals surface area contributed by atoms with Gasteiger partial charge in [0.2, 0.25) is 0 Å². The molecular weight excluding hydrogens is 429 g/mol. The summed E-state index contributed by atoms with van der Waals surface area (Å²) in [6.45, 7) is 9.07. The van der Waals surface area contributed by atoms with Gasteiger partial charge < -0.3 is 20.1 Å². The number of nitrogens with one attached hydrogen (secondary N) is 2. The van der Waals surface area contributed by atoms with Gasteiger partial charge in [-0.05, 0) is 45.6 Å². The van der Waals surface area contributed by atoms with Crippen molar-refractivity contribution in [3.8, 4) is 5.75 Å². The number of hydrogen-bond acceptors (Lipinski definition) is 3. The summed E-state index contributed by atoms with van der Waals surface area (Å²) in [5, 5.41) is 6.61. The van der Waals surface area contributed by atoms with Crippen LogP contribution in [0.2, 0.25) is 0 Å². The second kappa shape index (κ2) is 10.9. The molecule has 1 fully saturated rings. The molecule has 0 radical (unpaired) electrons. The van der Waals surface area contributed by atoms with Gasteiger partial charge in [0.1, 0.15) is 5.75 Å². The maximum Gasteiger partial charge on any atom is 0.191 e. The van der Waals surface area contributed by atoms with E-state index in [4.69, 9.17) is 9.47 Å². The number of benzene rings is 1. The van der Waals surface area contributed by atoms with Gasteiger partial charge in [-0.15, -0.1) is 24.0 Å². The average Bonchev–Trinajstić information content (AvgIpc) is 3.40. The zero-order chi connectivity index (χ0) is 17.4. The van der Waals surface area contributed by atoms with Crippen LogP contribution in [0.3, 0.4) is 0 Å². The van der Waals surface area contributed by atoms with Gasteiger partial charge in [0, 0.05) is 25.8 Å². The van der Waals surface area contributed by atoms with Crippen LogP contribution >= 0.6 is 24.0 Å². The van der Waals surface area contributed by atoms with Crippen molar-refractivity contribution >= 4 is 29.9 Å². The zero-order valence-corrected chi connectivity index (χ0v) is 18.1. The molecule has 1 saturated carbocycles. The highest BCUT2D eigenvalue weighted by Crippen LogP contribution is 2.30. The summed E-state index contributed by atoms with van der Waals surface area (Å²) >= 11 is 0. The van der Waals surface area contributed by atoms with E-state index in [0.29, 0.717) is 13.1 Å². The van der Waals surface area contributed by atoms with E-state index in [2.05, 4.69) is 28.6 Å². The molecule has 2 N–H and O–H groups in total. The van der Waals surface area contributed by atoms with E-state index in [1.165, 1.54) is 12.8 Å². The lowest BCUT2D eigenvalue weighted by Crippen LogP contribution is -2.45. The molecule has 1 aromatic rings. The molecule has 1 aliphatic carbocycles. The maximum atomic E-state index is 5.95. The highest BCUT2D eigenvalue weighted by atomic mass is 127. The number of ether oxygens (including phenoxy) is 2. The standard InChI is InChI=1S/C19H31N3O2.HI/c1-5-20-18(22-14-19(2,3)23-4)21-12-16-8-6-7-9-17(16)24-13-15-10-11-15;/h6-9,15H,5,10-14H2,1-4H3,(H2,20,21,22);1H. The largest absolute Gasteiger partial charge is 0.493 e. The minimum absolute atomic E-state index is 0. The molecule has 1 aromatic carbocycles. The van der Waals surface area contributed by atoms with Crippen LogP contribution in [0.5, 0.6) is 5.75 Å². The van der Waals surface area contributed by atoms with Crippen molar-refractivity contribution in [3.05, 3.63) is 29.8 Å². The normalized spacial score (nSPS) is 14.6. The molecule has 0 aromatic heterocycles. The Balaban J connectivity index is 0.00000312. The first-order valence-corrected chi connectivity index (χ1v) is 8.82. The summed E-state index contributed by atoms with van der Waals surface area (Å²) in [5.74, 6) is 2.48. The minimum atomic E-state index is -0.235. The van der Waals surface area contributed by atoms with E-state index < -0.39 is 0 Å². The molecular formula is C19H32IN3O2. The van der Waals surface area contributed by atoms with E-state index in [1.54, 1.807) is 7.11 Å². The molecule has 0 spiro atoms. The van der Waals surface area contributed by atoms with Gasteiger partial charge in [-0.2, -0.15) is 0 Å². The van der Waals surface area contributed by atoms with Crippen molar-refractivity contribution < 1.29 is 9.47 Å². The van der Waals surface area contributed by atoms with Crippen LogP contribution in [-0.2, 0) is 11.3 Å². The van der Waals surface area contributed by atoms with E-state index >= 15 is 0 Å². The van der Waals surface area contributed by atoms with Gasteiger partial charge in [0.05, 0.1) is 18.8 Å². The number of nitrogens with zero attached hydrogens (tertiary/aromatic N) is 1. The van der Waals surface area contributed by atoms with Gasteiger partial charge in [0.25, 0.3) is 0 Å². The van der Waals surface area contributed by atoms with Crippen LogP contribution in [-0.4, -0.2) is 38.4 Å². The van der Waals surface area contributed by atoms with Crippen molar-refractivity contribution in [3.63, 3.8) is 0 Å². The summed E-state index contributed by atoms with van der Waals surface area (Å²) in [7, 11) is 1.72. The summed E-state index contributed by atoms with van der Waals surface area (Å²) in [6, 6.07) is 8.15. The molecule has 2 rings (SSSR count). The Bertz CT molecular complexity index is 545. The second-order valence-electron chi connectivity index (χ2n) is 6.87. The zero-order valence-electron chi connectivity index (χ0n) is 15.8. The number of para-hydroxylation sites is 1. The number of aliphatic imine (C=N–C) groups is 1. The first-order chi connectivity index (χ1) is 11.5. The predicted molar refractivity (Wildman–Crippen MR) is 114 cm³/mol. The number of hydrogen-bond donors (Lipinski definition) is 2. The summed E-state index contributed by atoms with van der Waals surface area (Å²) in [4.78, 5) is 4.68. The Hall–Kier alpha value is -1.02. The number of rotatable bonds is 9. The third kappa shape index (κ3) is 8.27. The van der Waals surface area contributed by atoms with E-state index in [9.17, 15) is 0 Å². The summed E-state index contributed by atoms with van der Waals surface area (Å²) in [5.41, 5.74) is 0.878. The fraction of sp³-hybridized carbons (Fsp3) is 0.632. The summed E-state index contributed by atoms with van der Waals surface area (Å²) < 4.78 is 11.4. The van der Waals surface area contributed by atoms with Crippen molar-refractivity contribution in [1.82, 2.24) is 10.6 Å². The van der Waals surface area contributed by atoms with E-state index in [0.717, 1.165) is 36.3 Å². The quantitative estimate of drug-likeness (QED) is 0.336. The molecule has 0 heterocycles. The van der Waals surface area contributed by atoms with Crippen LogP contribution in [0.15, 0.2) is 29.3 Å². The molecule has 1 aliphatic rings. The molecule has 0 bridgehead atoms. The van der Waals surface area contributed by atoms with Gasteiger partial charge in [-0.1, -0.05) is 18.2 Å². The summed E-state index contributed by atoms with van der Waals surface area (Å²) in [6.07, 6.45) is 2.59. The first-order valence-electron chi connectivity index (χ1n) is 8.82. The molecule has 5 nitrogen and oxygen atoms in total. The Kier molecular flexibility index (Phi) is 9.56. The average molecular weight is 461 g/mol. The molecule has 0 unspecified atom stereocenters. The van der Waals surface area contributed by atoms with Gasteiger partial charge in [-0.3, -0.25) is 0 Å². The van der Waals surface area contributed by atoms with Crippen LogP contribution < -0.4 is 15.4 Å². The van der Waals surface area contributed by atoms with Crippen molar-refractivity contribution in [1.29, 1.82) is 0 Å². The van der Waals surface area contributed by atoms with E-state index in [1.807, 2.05) is 32.0 Å². The topological polar surface area (TPSA) is 54.9 Å². The number of halogens is 1. The fourth-order valence-electron chi connectivity index (χ4n) is 2.14. The lowest BCUT2D eigenvalue weighted by atomic mass is 10.1. The second-order valence-corrected chi connectivity index (χ2v) is 6.87. The maximum absolute atomic E-state index is 5.95. The fourth-order valence-corrected chi connectivity index (χ4v) is 2.14. The van der Waals surface area contributed by atoms with Gasteiger partial charge in [-0.25, -0.2) is 4.99 Å².